The molecule has 0 spiro atoms. The first-order chi connectivity index (χ1) is 11.5. The van der Waals surface area contributed by atoms with Crippen molar-refractivity contribution in [3.05, 3.63) is 64.0 Å². The number of halogens is 1. The molecule has 6 heteroatoms. The van der Waals surface area contributed by atoms with Crippen LogP contribution in [0.3, 0.4) is 0 Å². The fourth-order valence-electron chi connectivity index (χ4n) is 2.35. The van der Waals surface area contributed by atoms with E-state index in [1.807, 2.05) is 5.38 Å². The van der Waals surface area contributed by atoms with Crippen LogP contribution in [-0.4, -0.2) is 11.0 Å². The molecule has 0 bridgehead atoms. The minimum Gasteiger partial charge on any atom is -0.308 e. The first-order valence-corrected chi connectivity index (χ1v) is 8.64. The van der Waals surface area contributed by atoms with Gasteiger partial charge >= 0.3 is 6.03 Å². The second-order valence-electron chi connectivity index (χ2n) is 5.44. The highest BCUT2D eigenvalue weighted by Gasteiger charge is 2.10. The number of anilines is 2. The maximum Gasteiger partial charge on any atom is 0.325 e. The Hall–Kier alpha value is -2.37. The van der Waals surface area contributed by atoms with Gasteiger partial charge in [-0.1, -0.05) is 35.4 Å². The second-order valence-corrected chi connectivity index (χ2v) is 6.74. The lowest BCUT2D eigenvalue weighted by Crippen LogP contribution is -2.19. The number of carbonyl (C=O) groups is 1. The summed E-state index contributed by atoms with van der Waals surface area (Å²) < 4.78 is 0. The zero-order valence-electron chi connectivity index (χ0n) is 13.3. The molecule has 1 heterocycles. The van der Waals surface area contributed by atoms with Crippen LogP contribution in [0.2, 0.25) is 5.02 Å². The van der Waals surface area contributed by atoms with Gasteiger partial charge in [-0.3, -0.25) is 5.32 Å². The average molecular weight is 358 g/mol. The number of thiazole rings is 1. The zero-order valence-corrected chi connectivity index (χ0v) is 14.8. The third-order valence-corrected chi connectivity index (χ3v) is 4.49. The molecule has 3 aromatic rings. The second kappa shape index (κ2) is 7.03. The summed E-state index contributed by atoms with van der Waals surface area (Å²) in [6, 6.07) is 12.8. The van der Waals surface area contributed by atoms with Crippen molar-refractivity contribution in [3.8, 4) is 11.3 Å². The van der Waals surface area contributed by atoms with E-state index in [9.17, 15) is 4.79 Å². The number of aromatic nitrogens is 1. The number of benzene rings is 2. The highest BCUT2D eigenvalue weighted by molar-refractivity contribution is 7.14. The van der Waals surface area contributed by atoms with Crippen LogP contribution in [0.1, 0.15) is 11.1 Å². The molecule has 2 amide bonds. The molecule has 0 aliphatic heterocycles. The predicted molar refractivity (Wildman–Crippen MR) is 101 cm³/mol. The highest BCUT2D eigenvalue weighted by atomic mass is 35.5. The van der Waals surface area contributed by atoms with Crippen LogP contribution in [0, 0.1) is 13.8 Å². The number of hydrogen-bond acceptors (Lipinski definition) is 3. The number of rotatable bonds is 3. The molecule has 122 valence electrons. The zero-order chi connectivity index (χ0) is 17.1. The molecule has 0 aliphatic carbocycles. The Kier molecular flexibility index (Phi) is 4.83. The fraction of sp³-hybridized carbons (Fsp3) is 0.111. The Morgan fingerprint density at radius 1 is 1.08 bits per heavy atom. The minimum atomic E-state index is -0.334. The molecule has 0 saturated carbocycles. The molecule has 0 saturated heterocycles. The van der Waals surface area contributed by atoms with Gasteiger partial charge in [-0.15, -0.1) is 11.3 Å². The molecule has 4 nitrogen and oxygen atoms in total. The molecule has 24 heavy (non-hydrogen) atoms. The summed E-state index contributed by atoms with van der Waals surface area (Å²) in [6.45, 7) is 4.12. The van der Waals surface area contributed by atoms with E-state index in [4.69, 9.17) is 11.6 Å². The Labute approximate surface area is 149 Å². The quantitative estimate of drug-likeness (QED) is 0.629. The molecule has 0 aliphatic rings. The van der Waals surface area contributed by atoms with Crippen molar-refractivity contribution in [2.75, 3.05) is 10.6 Å². The molecule has 2 N–H and O–H groups in total. The minimum absolute atomic E-state index is 0.334. The van der Waals surface area contributed by atoms with Crippen LogP contribution in [0.15, 0.2) is 47.8 Å². The van der Waals surface area contributed by atoms with E-state index in [2.05, 4.69) is 47.7 Å². The molecule has 0 fully saturated rings. The Morgan fingerprint density at radius 3 is 2.54 bits per heavy atom. The lowest BCUT2D eigenvalue weighted by Gasteiger charge is -2.05. The van der Waals surface area contributed by atoms with E-state index < -0.39 is 0 Å². The van der Waals surface area contributed by atoms with Crippen molar-refractivity contribution in [2.45, 2.75) is 13.8 Å². The number of urea groups is 1. The molecular weight excluding hydrogens is 342 g/mol. The van der Waals surface area contributed by atoms with Gasteiger partial charge in [-0.2, -0.15) is 0 Å². The number of aryl methyl sites for hydroxylation is 2. The maximum absolute atomic E-state index is 12.0. The van der Waals surface area contributed by atoms with Gasteiger partial charge in [0, 0.05) is 21.7 Å². The van der Waals surface area contributed by atoms with Gasteiger partial charge in [0.2, 0.25) is 0 Å². The number of hydrogen-bond donors (Lipinski definition) is 2. The van der Waals surface area contributed by atoms with E-state index in [0.29, 0.717) is 15.8 Å². The van der Waals surface area contributed by atoms with Crippen molar-refractivity contribution in [3.63, 3.8) is 0 Å². The molecule has 0 unspecified atom stereocenters. The van der Waals surface area contributed by atoms with Crippen LogP contribution < -0.4 is 10.6 Å². The van der Waals surface area contributed by atoms with Gasteiger partial charge in [-0.05, 0) is 43.7 Å². The smallest absolute Gasteiger partial charge is 0.308 e. The predicted octanol–water partition coefficient (Wildman–Crippen LogP) is 5.72. The van der Waals surface area contributed by atoms with Crippen LogP contribution in [0.25, 0.3) is 11.3 Å². The molecule has 0 radical (unpaired) electrons. The van der Waals surface area contributed by atoms with Crippen LogP contribution >= 0.6 is 22.9 Å². The molecule has 3 rings (SSSR count). The third kappa shape index (κ3) is 3.93. The van der Waals surface area contributed by atoms with Gasteiger partial charge in [0.05, 0.1) is 5.69 Å². The number of nitrogens with one attached hydrogen (secondary N) is 2. The Bertz CT molecular complexity index is 874. The van der Waals surface area contributed by atoms with Crippen molar-refractivity contribution in [1.29, 1.82) is 0 Å². The van der Waals surface area contributed by atoms with Gasteiger partial charge in [0.15, 0.2) is 5.13 Å². The third-order valence-electron chi connectivity index (χ3n) is 3.48. The molecule has 0 atom stereocenters. The summed E-state index contributed by atoms with van der Waals surface area (Å²) in [6.07, 6.45) is 0. The van der Waals surface area contributed by atoms with Gasteiger partial charge in [0.25, 0.3) is 0 Å². The SMILES string of the molecule is Cc1ccc(-c2csc(NC(=O)Nc3ccc(Cl)cc3)n2)c(C)c1. The van der Waals surface area contributed by atoms with Crippen molar-refractivity contribution >= 4 is 39.8 Å². The normalized spacial score (nSPS) is 10.5. The van der Waals surface area contributed by atoms with Crippen LogP contribution in [0.4, 0.5) is 15.6 Å². The summed E-state index contributed by atoms with van der Waals surface area (Å²) >= 11 is 7.22. The first kappa shape index (κ1) is 16.5. The summed E-state index contributed by atoms with van der Waals surface area (Å²) in [5.41, 5.74) is 4.98. The van der Waals surface area contributed by atoms with Gasteiger partial charge in [-0.25, -0.2) is 9.78 Å². The van der Waals surface area contributed by atoms with E-state index in [-0.39, 0.29) is 6.03 Å². The lowest BCUT2D eigenvalue weighted by atomic mass is 10.0. The Balaban J connectivity index is 1.69. The topological polar surface area (TPSA) is 54.0 Å². The van der Waals surface area contributed by atoms with Crippen molar-refractivity contribution in [2.24, 2.45) is 0 Å². The van der Waals surface area contributed by atoms with E-state index in [1.165, 1.54) is 16.9 Å². The molecule has 1 aromatic heterocycles. The number of amides is 2. The summed E-state index contributed by atoms with van der Waals surface area (Å²) in [5.74, 6) is 0. The van der Waals surface area contributed by atoms with Crippen molar-refractivity contribution in [1.82, 2.24) is 4.98 Å². The maximum atomic E-state index is 12.0. The van der Waals surface area contributed by atoms with Gasteiger partial charge < -0.3 is 5.32 Å². The summed E-state index contributed by atoms with van der Waals surface area (Å²) in [5, 5.41) is 8.61. The standard InChI is InChI=1S/C18H16ClN3OS/c1-11-3-8-15(12(2)9-11)16-10-24-18(21-16)22-17(23)20-14-6-4-13(19)5-7-14/h3-10H,1-2H3,(H2,20,21,22,23). The largest absolute Gasteiger partial charge is 0.325 e. The van der Waals surface area contributed by atoms with Crippen LogP contribution in [-0.2, 0) is 0 Å². The number of nitrogens with zero attached hydrogens (tertiary/aromatic N) is 1. The van der Waals surface area contributed by atoms with Crippen molar-refractivity contribution < 1.29 is 4.79 Å². The molecule has 2 aromatic carbocycles. The molecular formula is C18H16ClN3OS. The van der Waals surface area contributed by atoms with E-state index in [0.717, 1.165) is 16.8 Å². The summed E-state index contributed by atoms with van der Waals surface area (Å²) in [7, 11) is 0. The van der Waals surface area contributed by atoms with Gasteiger partial charge in [0.1, 0.15) is 0 Å². The number of carbonyl (C=O) groups excluding carboxylic acids is 1. The van der Waals surface area contributed by atoms with E-state index >= 15 is 0 Å². The summed E-state index contributed by atoms with van der Waals surface area (Å²) in [4.78, 5) is 16.5. The Morgan fingerprint density at radius 2 is 1.83 bits per heavy atom. The van der Waals surface area contributed by atoms with E-state index in [1.54, 1.807) is 24.3 Å². The van der Waals surface area contributed by atoms with Crippen LogP contribution in [0.5, 0.6) is 0 Å². The average Bonchev–Trinajstić information content (AvgIpc) is 2.97. The lowest BCUT2D eigenvalue weighted by molar-refractivity contribution is 0.262. The highest BCUT2D eigenvalue weighted by Crippen LogP contribution is 2.28. The monoisotopic (exact) mass is 357 g/mol. The fourth-order valence-corrected chi connectivity index (χ4v) is 3.18. The first-order valence-electron chi connectivity index (χ1n) is 7.38.